The first-order valence-corrected chi connectivity index (χ1v) is 7.42. The zero-order chi connectivity index (χ0) is 14.5. The SMILES string of the molecule is CC(C)NC(=S)Nc1ccc(N2CCN(C)CC2)nc1. The van der Waals surface area contributed by atoms with Crippen LogP contribution >= 0.6 is 12.2 Å². The van der Waals surface area contributed by atoms with Gasteiger partial charge in [-0.15, -0.1) is 0 Å². The molecule has 0 spiro atoms. The fraction of sp³-hybridized carbons (Fsp3) is 0.571. The number of pyridine rings is 1. The number of aromatic nitrogens is 1. The minimum atomic E-state index is 0.326. The lowest BCUT2D eigenvalue weighted by Crippen LogP contribution is -2.44. The first-order valence-electron chi connectivity index (χ1n) is 7.01. The predicted molar refractivity (Wildman–Crippen MR) is 88.4 cm³/mol. The highest BCUT2D eigenvalue weighted by Gasteiger charge is 2.14. The number of piperazine rings is 1. The molecule has 6 heteroatoms. The van der Waals surface area contributed by atoms with Crippen LogP contribution in [0.4, 0.5) is 11.5 Å². The fourth-order valence-corrected chi connectivity index (χ4v) is 2.47. The summed E-state index contributed by atoms with van der Waals surface area (Å²) in [7, 11) is 2.15. The van der Waals surface area contributed by atoms with Gasteiger partial charge >= 0.3 is 0 Å². The molecule has 0 aliphatic carbocycles. The van der Waals surface area contributed by atoms with E-state index in [1.807, 2.05) is 18.3 Å². The molecule has 0 amide bonds. The molecule has 20 heavy (non-hydrogen) atoms. The van der Waals surface area contributed by atoms with E-state index in [0.717, 1.165) is 37.7 Å². The smallest absolute Gasteiger partial charge is 0.171 e. The van der Waals surface area contributed by atoms with Gasteiger partial charge in [-0.05, 0) is 45.2 Å². The van der Waals surface area contributed by atoms with Crippen LogP contribution in [0, 0.1) is 0 Å². The van der Waals surface area contributed by atoms with Crippen molar-refractivity contribution in [1.29, 1.82) is 0 Å². The molecular weight excluding hydrogens is 270 g/mol. The van der Waals surface area contributed by atoms with Gasteiger partial charge in [0.05, 0.1) is 11.9 Å². The fourth-order valence-electron chi connectivity index (χ4n) is 2.11. The third-order valence-corrected chi connectivity index (χ3v) is 3.47. The zero-order valence-corrected chi connectivity index (χ0v) is 13.2. The standard InChI is InChI=1S/C14H23N5S/c1-11(2)16-14(20)17-12-4-5-13(15-10-12)19-8-6-18(3)7-9-19/h4-5,10-11H,6-9H2,1-3H3,(H2,16,17,20). The molecule has 110 valence electrons. The number of hydrogen-bond acceptors (Lipinski definition) is 4. The predicted octanol–water partition coefficient (Wildman–Crippen LogP) is 1.53. The Hall–Kier alpha value is -1.40. The van der Waals surface area contributed by atoms with Gasteiger partial charge in [-0.25, -0.2) is 4.98 Å². The van der Waals surface area contributed by atoms with Crippen LogP contribution in [-0.2, 0) is 0 Å². The Labute approximate surface area is 126 Å². The third kappa shape index (κ3) is 4.31. The number of thiocarbonyl (C=S) groups is 1. The maximum Gasteiger partial charge on any atom is 0.171 e. The average Bonchev–Trinajstić information content (AvgIpc) is 2.39. The lowest BCUT2D eigenvalue weighted by Gasteiger charge is -2.33. The molecule has 1 saturated heterocycles. The lowest BCUT2D eigenvalue weighted by atomic mass is 10.3. The number of likely N-dealkylation sites (N-methyl/N-ethyl adjacent to an activating group) is 1. The molecular formula is C14H23N5S. The second-order valence-electron chi connectivity index (χ2n) is 5.45. The summed E-state index contributed by atoms with van der Waals surface area (Å²) in [5.41, 5.74) is 0.918. The van der Waals surface area contributed by atoms with E-state index in [4.69, 9.17) is 12.2 Å². The molecule has 1 fully saturated rings. The monoisotopic (exact) mass is 293 g/mol. The first kappa shape index (κ1) is 15.0. The van der Waals surface area contributed by atoms with Crippen molar-refractivity contribution in [2.45, 2.75) is 19.9 Å². The molecule has 0 bridgehead atoms. The van der Waals surface area contributed by atoms with E-state index >= 15 is 0 Å². The van der Waals surface area contributed by atoms with Crippen molar-refractivity contribution < 1.29 is 0 Å². The lowest BCUT2D eigenvalue weighted by molar-refractivity contribution is 0.312. The van der Waals surface area contributed by atoms with E-state index in [1.54, 1.807) is 0 Å². The molecule has 5 nitrogen and oxygen atoms in total. The van der Waals surface area contributed by atoms with Crippen LogP contribution in [0.5, 0.6) is 0 Å². The summed E-state index contributed by atoms with van der Waals surface area (Å²) < 4.78 is 0. The molecule has 1 aliphatic heterocycles. The average molecular weight is 293 g/mol. The topological polar surface area (TPSA) is 43.4 Å². The zero-order valence-electron chi connectivity index (χ0n) is 12.4. The van der Waals surface area contributed by atoms with Crippen molar-refractivity contribution in [2.75, 3.05) is 43.4 Å². The molecule has 0 radical (unpaired) electrons. The minimum absolute atomic E-state index is 0.326. The normalized spacial score (nSPS) is 16.3. The molecule has 1 aromatic rings. The van der Waals surface area contributed by atoms with E-state index in [9.17, 15) is 0 Å². The van der Waals surface area contributed by atoms with Gasteiger partial charge in [0.2, 0.25) is 0 Å². The van der Waals surface area contributed by atoms with Crippen LogP contribution in [0.2, 0.25) is 0 Å². The third-order valence-electron chi connectivity index (χ3n) is 3.25. The van der Waals surface area contributed by atoms with E-state index in [-0.39, 0.29) is 0 Å². The second kappa shape index (κ2) is 6.85. The van der Waals surface area contributed by atoms with Crippen LogP contribution < -0.4 is 15.5 Å². The van der Waals surface area contributed by atoms with Gasteiger partial charge < -0.3 is 20.4 Å². The van der Waals surface area contributed by atoms with Crippen molar-refractivity contribution in [1.82, 2.24) is 15.2 Å². The van der Waals surface area contributed by atoms with Gasteiger partial charge in [0, 0.05) is 32.2 Å². The van der Waals surface area contributed by atoms with Gasteiger partial charge in [0.15, 0.2) is 5.11 Å². The summed E-state index contributed by atoms with van der Waals surface area (Å²) in [5, 5.41) is 6.93. The van der Waals surface area contributed by atoms with Crippen LogP contribution in [-0.4, -0.2) is 54.3 Å². The van der Waals surface area contributed by atoms with E-state index in [1.165, 1.54) is 0 Å². The highest BCUT2D eigenvalue weighted by Crippen LogP contribution is 2.15. The summed E-state index contributed by atoms with van der Waals surface area (Å²) in [6, 6.07) is 4.40. The number of hydrogen-bond donors (Lipinski definition) is 2. The van der Waals surface area contributed by atoms with Gasteiger partial charge in [0.25, 0.3) is 0 Å². The summed E-state index contributed by atoms with van der Waals surface area (Å²) in [4.78, 5) is 9.17. The molecule has 0 saturated carbocycles. The van der Waals surface area contributed by atoms with Crippen LogP contribution in [0.3, 0.4) is 0 Å². The Balaban J connectivity index is 1.91. The Morgan fingerprint density at radius 1 is 1.25 bits per heavy atom. The van der Waals surface area contributed by atoms with E-state index in [0.29, 0.717) is 11.2 Å². The van der Waals surface area contributed by atoms with Crippen LogP contribution in [0.25, 0.3) is 0 Å². The Kier molecular flexibility index (Phi) is 5.14. The maximum atomic E-state index is 5.22. The molecule has 2 rings (SSSR count). The van der Waals surface area contributed by atoms with E-state index in [2.05, 4.69) is 46.3 Å². The molecule has 1 aliphatic rings. The van der Waals surface area contributed by atoms with Crippen LogP contribution in [0.1, 0.15) is 13.8 Å². The second-order valence-corrected chi connectivity index (χ2v) is 5.86. The molecule has 0 atom stereocenters. The van der Waals surface area contributed by atoms with Gasteiger partial charge in [-0.2, -0.15) is 0 Å². The molecule has 1 aromatic heterocycles. The van der Waals surface area contributed by atoms with Crippen molar-refractivity contribution in [3.05, 3.63) is 18.3 Å². The van der Waals surface area contributed by atoms with Gasteiger partial charge in [-0.3, -0.25) is 0 Å². The molecule has 0 aromatic carbocycles. The number of anilines is 2. The Morgan fingerprint density at radius 3 is 2.50 bits per heavy atom. The van der Waals surface area contributed by atoms with E-state index < -0.39 is 0 Å². The summed E-state index contributed by atoms with van der Waals surface area (Å²) >= 11 is 5.22. The molecule has 2 N–H and O–H groups in total. The summed E-state index contributed by atoms with van der Waals surface area (Å²) in [6.07, 6.45) is 1.84. The highest BCUT2D eigenvalue weighted by atomic mass is 32.1. The summed E-state index contributed by atoms with van der Waals surface area (Å²) in [6.45, 7) is 8.35. The van der Waals surface area contributed by atoms with Crippen molar-refractivity contribution in [2.24, 2.45) is 0 Å². The number of nitrogens with one attached hydrogen (secondary N) is 2. The summed E-state index contributed by atoms with van der Waals surface area (Å²) in [5.74, 6) is 1.03. The maximum absolute atomic E-state index is 5.22. The first-order chi connectivity index (χ1) is 9.54. The van der Waals surface area contributed by atoms with Crippen molar-refractivity contribution in [3.8, 4) is 0 Å². The molecule has 0 unspecified atom stereocenters. The number of rotatable bonds is 3. The van der Waals surface area contributed by atoms with Crippen molar-refractivity contribution >= 4 is 28.8 Å². The number of nitrogens with zero attached hydrogens (tertiary/aromatic N) is 3. The largest absolute Gasteiger partial charge is 0.360 e. The molecule has 2 heterocycles. The highest BCUT2D eigenvalue weighted by molar-refractivity contribution is 7.80. The Bertz CT molecular complexity index is 437. The van der Waals surface area contributed by atoms with Crippen LogP contribution in [0.15, 0.2) is 18.3 Å². The van der Waals surface area contributed by atoms with Gasteiger partial charge in [-0.1, -0.05) is 0 Å². The Morgan fingerprint density at radius 2 is 1.95 bits per heavy atom. The minimum Gasteiger partial charge on any atom is -0.360 e. The van der Waals surface area contributed by atoms with Gasteiger partial charge in [0.1, 0.15) is 5.82 Å². The van der Waals surface area contributed by atoms with Crippen molar-refractivity contribution in [3.63, 3.8) is 0 Å². The quantitative estimate of drug-likeness (QED) is 0.824.